The van der Waals surface area contributed by atoms with E-state index in [0.29, 0.717) is 20.6 Å². The van der Waals surface area contributed by atoms with E-state index in [1.165, 1.54) is 22.7 Å². The molecule has 10 heteroatoms. The number of allylic oxidation sites excluding steroid dienone is 1. The van der Waals surface area contributed by atoms with Gasteiger partial charge < -0.3 is 14.4 Å². The molecular formula is C28H25N3O5S2. The summed E-state index contributed by atoms with van der Waals surface area (Å²) in [7, 11) is 0. The van der Waals surface area contributed by atoms with Crippen LogP contribution in [0, 0.1) is 13.8 Å². The zero-order valence-electron chi connectivity index (χ0n) is 21.2. The highest BCUT2D eigenvalue weighted by Gasteiger charge is 2.33. The Balaban J connectivity index is 1.66. The fourth-order valence-corrected chi connectivity index (χ4v) is 6.62. The number of aromatic carboxylic acids is 1. The summed E-state index contributed by atoms with van der Waals surface area (Å²) in [6, 6.07) is 11.9. The molecule has 1 aromatic carbocycles. The van der Waals surface area contributed by atoms with Gasteiger partial charge in [0.15, 0.2) is 4.80 Å². The second kappa shape index (κ2) is 10.0. The molecule has 0 saturated heterocycles. The van der Waals surface area contributed by atoms with Crippen LogP contribution in [0.4, 0.5) is 0 Å². The maximum Gasteiger partial charge on any atom is 0.338 e. The summed E-state index contributed by atoms with van der Waals surface area (Å²) < 4.78 is 9.36. The Kier molecular flexibility index (Phi) is 6.77. The van der Waals surface area contributed by atoms with E-state index < -0.39 is 18.0 Å². The van der Waals surface area contributed by atoms with Crippen LogP contribution in [-0.2, 0) is 9.53 Å². The van der Waals surface area contributed by atoms with Crippen molar-refractivity contribution in [2.75, 3.05) is 6.61 Å². The summed E-state index contributed by atoms with van der Waals surface area (Å²) in [5.41, 5.74) is 4.20. The highest BCUT2D eigenvalue weighted by Crippen LogP contribution is 2.33. The predicted molar refractivity (Wildman–Crippen MR) is 147 cm³/mol. The SMILES string of the molecule is CCOC(=O)C1=C(C)N=c2s/c(=C\c3cc(C)n(-c4cccc(C(=O)O)c4)c3C)c(=O)n2[C@H]1c1cccs1. The standard InChI is InChI=1S/C28H25N3O5S2/c1-5-36-27(35)23-16(3)29-28-31(24(23)21-10-7-11-37-21)25(32)22(38-28)14-19-12-15(2)30(17(19)4)20-9-6-8-18(13-20)26(33)34/h6-14,24H,5H2,1-4H3,(H,33,34)/b22-14-/t24-/m0/s1. The Morgan fingerprint density at radius 3 is 2.63 bits per heavy atom. The molecule has 8 nitrogen and oxygen atoms in total. The van der Waals surface area contributed by atoms with Gasteiger partial charge in [0.25, 0.3) is 5.56 Å². The molecule has 3 aromatic heterocycles. The summed E-state index contributed by atoms with van der Waals surface area (Å²) in [6.45, 7) is 7.61. The summed E-state index contributed by atoms with van der Waals surface area (Å²) in [5.74, 6) is -1.47. The van der Waals surface area contributed by atoms with E-state index >= 15 is 0 Å². The molecule has 1 aliphatic heterocycles. The first-order valence-corrected chi connectivity index (χ1v) is 13.7. The van der Waals surface area contributed by atoms with Crippen molar-refractivity contribution in [3.63, 3.8) is 0 Å². The molecule has 0 aliphatic carbocycles. The van der Waals surface area contributed by atoms with E-state index in [-0.39, 0.29) is 17.7 Å². The van der Waals surface area contributed by atoms with Crippen LogP contribution in [0.25, 0.3) is 11.8 Å². The molecule has 0 fully saturated rings. The van der Waals surface area contributed by atoms with Crippen molar-refractivity contribution >= 4 is 40.7 Å². The number of thiazole rings is 1. The minimum Gasteiger partial charge on any atom is -0.478 e. The molecule has 194 valence electrons. The molecule has 0 bridgehead atoms. The second-order valence-corrected chi connectivity index (χ2v) is 10.8. The van der Waals surface area contributed by atoms with Gasteiger partial charge in [-0.25, -0.2) is 14.6 Å². The smallest absolute Gasteiger partial charge is 0.338 e. The lowest BCUT2D eigenvalue weighted by molar-refractivity contribution is -0.139. The minimum absolute atomic E-state index is 0.200. The van der Waals surface area contributed by atoms with Gasteiger partial charge in [0.05, 0.1) is 28.0 Å². The average Bonchev–Trinajstić information content (AvgIpc) is 3.58. The van der Waals surface area contributed by atoms with Crippen molar-refractivity contribution in [2.24, 2.45) is 4.99 Å². The van der Waals surface area contributed by atoms with Gasteiger partial charge in [0.2, 0.25) is 0 Å². The van der Waals surface area contributed by atoms with Gasteiger partial charge in [-0.3, -0.25) is 9.36 Å². The van der Waals surface area contributed by atoms with Crippen molar-refractivity contribution in [1.29, 1.82) is 0 Å². The maximum absolute atomic E-state index is 13.8. The van der Waals surface area contributed by atoms with Gasteiger partial charge in [-0.05, 0) is 75.0 Å². The molecule has 1 N–H and O–H groups in total. The Morgan fingerprint density at radius 1 is 1.16 bits per heavy atom. The molecule has 4 heterocycles. The molecule has 4 aromatic rings. The number of carbonyl (C=O) groups is 2. The van der Waals surface area contributed by atoms with Crippen molar-refractivity contribution in [2.45, 2.75) is 33.7 Å². The number of aromatic nitrogens is 2. The number of carbonyl (C=O) groups excluding carboxylic acids is 1. The van der Waals surface area contributed by atoms with Crippen LogP contribution in [0.2, 0.25) is 0 Å². The number of esters is 1. The lowest BCUT2D eigenvalue weighted by Crippen LogP contribution is -2.39. The van der Waals surface area contributed by atoms with Gasteiger partial charge in [-0.1, -0.05) is 23.5 Å². The average molecular weight is 548 g/mol. The second-order valence-electron chi connectivity index (χ2n) is 8.84. The number of hydrogen-bond donors (Lipinski definition) is 1. The maximum atomic E-state index is 13.8. The summed E-state index contributed by atoms with van der Waals surface area (Å²) in [6.07, 6.45) is 1.83. The number of hydrogen-bond acceptors (Lipinski definition) is 7. The number of carboxylic acids is 1. The van der Waals surface area contributed by atoms with Crippen molar-refractivity contribution < 1.29 is 19.4 Å². The largest absolute Gasteiger partial charge is 0.478 e. The monoisotopic (exact) mass is 547 g/mol. The summed E-state index contributed by atoms with van der Waals surface area (Å²) >= 11 is 2.74. The Hall–Kier alpha value is -4.02. The highest BCUT2D eigenvalue weighted by atomic mass is 32.1. The first-order chi connectivity index (χ1) is 18.2. The van der Waals surface area contributed by atoms with Crippen molar-refractivity contribution in [1.82, 2.24) is 9.13 Å². The van der Waals surface area contributed by atoms with Crippen LogP contribution >= 0.6 is 22.7 Å². The third-order valence-electron chi connectivity index (χ3n) is 6.44. The highest BCUT2D eigenvalue weighted by molar-refractivity contribution is 7.10. The normalized spacial score (nSPS) is 15.4. The van der Waals surface area contributed by atoms with Crippen molar-refractivity contribution in [3.8, 4) is 5.69 Å². The van der Waals surface area contributed by atoms with E-state index in [9.17, 15) is 19.5 Å². The van der Waals surface area contributed by atoms with E-state index in [2.05, 4.69) is 4.99 Å². The van der Waals surface area contributed by atoms with E-state index in [1.54, 1.807) is 36.6 Å². The molecule has 0 saturated carbocycles. The fraction of sp³-hybridized carbons (Fsp3) is 0.214. The van der Waals surface area contributed by atoms with Crippen LogP contribution in [0.5, 0.6) is 0 Å². The van der Waals surface area contributed by atoms with Crippen LogP contribution in [0.3, 0.4) is 0 Å². The molecule has 0 radical (unpaired) electrons. The lowest BCUT2D eigenvalue weighted by atomic mass is 10.0. The third kappa shape index (κ3) is 4.35. The Bertz CT molecular complexity index is 1790. The molecule has 5 rings (SSSR count). The first kappa shape index (κ1) is 25.6. The van der Waals surface area contributed by atoms with Gasteiger partial charge in [0, 0.05) is 22.0 Å². The summed E-state index contributed by atoms with van der Waals surface area (Å²) in [5, 5.41) is 11.3. The van der Waals surface area contributed by atoms with Crippen molar-refractivity contribution in [3.05, 3.63) is 106 Å². The molecule has 38 heavy (non-hydrogen) atoms. The molecular weight excluding hydrogens is 522 g/mol. The van der Waals surface area contributed by atoms with E-state index in [4.69, 9.17) is 4.74 Å². The van der Waals surface area contributed by atoms with E-state index in [1.807, 2.05) is 54.1 Å². The molecule has 1 aliphatic rings. The topological polar surface area (TPSA) is 103 Å². The quantitative estimate of drug-likeness (QED) is 0.368. The van der Waals surface area contributed by atoms with Crippen LogP contribution in [0.15, 0.2) is 68.9 Å². The van der Waals surface area contributed by atoms with Gasteiger partial charge >= 0.3 is 11.9 Å². The number of aryl methyl sites for hydroxylation is 1. The van der Waals surface area contributed by atoms with Crippen LogP contribution in [-0.4, -0.2) is 32.8 Å². The lowest BCUT2D eigenvalue weighted by Gasteiger charge is -2.23. The Morgan fingerprint density at radius 2 is 1.95 bits per heavy atom. The third-order valence-corrected chi connectivity index (χ3v) is 8.35. The molecule has 0 amide bonds. The zero-order chi connectivity index (χ0) is 27.1. The number of carboxylic acid groups (broad SMARTS) is 1. The number of ether oxygens (including phenoxy) is 1. The number of fused-ring (bicyclic) bond motifs is 1. The zero-order valence-corrected chi connectivity index (χ0v) is 22.9. The predicted octanol–water partition coefficient (Wildman–Crippen LogP) is 3.97. The van der Waals surface area contributed by atoms with Gasteiger partial charge in [0.1, 0.15) is 6.04 Å². The first-order valence-electron chi connectivity index (χ1n) is 12.0. The number of nitrogens with zero attached hydrogens (tertiary/aromatic N) is 3. The van der Waals surface area contributed by atoms with Gasteiger partial charge in [-0.15, -0.1) is 11.3 Å². The number of rotatable bonds is 6. The number of benzene rings is 1. The van der Waals surface area contributed by atoms with Crippen LogP contribution < -0.4 is 14.9 Å². The summed E-state index contributed by atoms with van der Waals surface area (Å²) in [4.78, 5) is 44.2. The molecule has 1 atom stereocenters. The number of thiophene rings is 1. The fourth-order valence-electron chi connectivity index (χ4n) is 4.76. The van der Waals surface area contributed by atoms with Gasteiger partial charge in [-0.2, -0.15) is 0 Å². The molecule has 0 spiro atoms. The van der Waals surface area contributed by atoms with E-state index in [0.717, 1.165) is 27.5 Å². The molecule has 0 unspecified atom stereocenters. The Labute approximate surface area is 226 Å². The minimum atomic E-state index is -0.992. The van der Waals surface area contributed by atoms with Crippen LogP contribution in [0.1, 0.15) is 52.1 Å².